The molecule has 4 aromatic carbocycles. The van der Waals surface area contributed by atoms with Crippen LogP contribution in [0.25, 0.3) is 0 Å². The Morgan fingerprint density at radius 1 is 0.516 bits per heavy atom. The summed E-state index contributed by atoms with van der Waals surface area (Å²) in [7, 11) is 0. The van der Waals surface area contributed by atoms with Crippen LogP contribution in [0.4, 0.5) is 11.4 Å². The maximum absolute atomic E-state index is 5.91. The van der Waals surface area contributed by atoms with Crippen molar-refractivity contribution < 1.29 is 0 Å². The van der Waals surface area contributed by atoms with E-state index in [9.17, 15) is 0 Å². The van der Waals surface area contributed by atoms with Crippen LogP contribution < -0.4 is 11.5 Å². The molecule has 4 aromatic rings. The molecule has 2 nitrogen and oxygen atoms in total. The number of nitrogen functional groups attached to an aromatic ring is 2. The fraction of sp³-hybridized carbons (Fsp3) is 0.172. The van der Waals surface area contributed by atoms with E-state index in [0.717, 1.165) is 24.2 Å². The Labute approximate surface area is 185 Å². The minimum absolute atomic E-state index is 0.0641. The van der Waals surface area contributed by atoms with Crippen LogP contribution in [0.2, 0.25) is 0 Å². The van der Waals surface area contributed by atoms with Gasteiger partial charge in [0.1, 0.15) is 0 Å². The maximum Gasteiger partial charge on any atom is 0.0316 e. The highest BCUT2D eigenvalue weighted by Gasteiger charge is 2.23. The van der Waals surface area contributed by atoms with Crippen molar-refractivity contribution in [3.63, 3.8) is 0 Å². The maximum atomic E-state index is 5.91. The van der Waals surface area contributed by atoms with Crippen LogP contribution in [-0.4, -0.2) is 0 Å². The molecule has 0 heterocycles. The van der Waals surface area contributed by atoms with E-state index in [4.69, 9.17) is 11.5 Å². The van der Waals surface area contributed by atoms with Gasteiger partial charge in [0.15, 0.2) is 0 Å². The van der Waals surface area contributed by atoms with Gasteiger partial charge >= 0.3 is 0 Å². The highest BCUT2D eigenvalue weighted by atomic mass is 14.5. The van der Waals surface area contributed by atoms with Gasteiger partial charge in [-0.15, -0.1) is 0 Å². The summed E-state index contributed by atoms with van der Waals surface area (Å²) in [5, 5.41) is 0. The van der Waals surface area contributed by atoms with E-state index in [2.05, 4.69) is 74.5 Å². The van der Waals surface area contributed by atoms with Gasteiger partial charge in [-0.25, -0.2) is 0 Å². The molecule has 0 saturated carbocycles. The fourth-order valence-corrected chi connectivity index (χ4v) is 4.12. The summed E-state index contributed by atoms with van der Waals surface area (Å²) in [6.07, 6.45) is 1.79. The van der Waals surface area contributed by atoms with Crippen LogP contribution in [0, 0.1) is 0 Å². The summed E-state index contributed by atoms with van der Waals surface area (Å²) in [5.41, 5.74) is 21.1. The fourth-order valence-electron chi connectivity index (χ4n) is 4.12. The SMILES string of the molecule is CC(C)(c1ccc(Cc2cccc(N)c2)cc1)c1ccc(Cc2cccc(N)c2)cc1. The van der Waals surface area contributed by atoms with Gasteiger partial charge in [-0.2, -0.15) is 0 Å². The normalized spacial score (nSPS) is 11.4. The van der Waals surface area contributed by atoms with Gasteiger partial charge in [-0.1, -0.05) is 86.6 Å². The molecule has 0 unspecified atom stereocenters. The third-order valence-corrected chi connectivity index (χ3v) is 6.07. The largest absolute Gasteiger partial charge is 0.399 e. The summed E-state index contributed by atoms with van der Waals surface area (Å²) in [6, 6.07) is 34.1. The Balaban J connectivity index is 1.48. The van der Waals surface area contributed by atoms with Gasteiger partial charge in [-0.05, 0) is 70.5 Å². The van der Waals surface area contributed by atoms with Crippen LogP contribution in [-0.2, 0) is 18.3 Å². The number of hydrogen-bond acceptors (Lipinski definition) is 2. The summed E-state index contributed by atoms with van der Waals surface area (Å²) < 4.78 is 0. The lowest BCUT2D eigenvalue weighted by molar-refractivity contribution is 0.640. The average Bonchev–Trinajstić information content (AvgIpc) is 2.75. The smallest absolute Gasteiger partial charge is 0.0316 e. The van der Waals surface area contributed by atoms with E-state index in [0.29, 0.717) is 0 Å². The predicted octanol–water partition coefficient (Wildman–Crippen LogP) is 6.36. The Kier molecular flexibility index (Phi) is 5.81. The molecule has 0 saturated heterocycles. The first-order valence-electron chi connectivity index (χ1n) is 10.8. The summed E-state index contributed by atoms with van der Waals surface area (Å²) in [4.78, 5) is 0. The first kappa shape index (κ1) is 20.7. The molecule has 0 amide bonds. The van der Waals surface area contributed by atoms with Crippen molar-refractivity contribution in [3.05, 3.63) is 130 Å². The first-order chi connectivity index (χ1) is 14.9. The third-order valence-electron chi connectivity index (χ3n) is 6.07. The summed E-state index contributed by atoms with van der Waals surface area (Å²) in [5.74, 6) is 0. The van der Waals surface area contributed by atoms with Crippen molar-refractivity contribution in [2.75, 3.05) is 11.5 Å². The van der Waals surface area contributed by atoms with Crippen molar-refractivity contribution in [2.24, 2.45) is 0 Å². The van der Waals surface area contributed by atoms with E-state index in [1.54, 1.807) is 0 Å². The molecule has 0 spiro atoms. The van der Waals surface area contributed by atoms with Crippen molar-refractivity contribution in [2.45, 2.75) is 32.1 Å². The van der Waals surface area contributed by atoms with Gasteiger partial charge in [0, 0.05) is 16.8 Å². The minimum Gasteiger partial charge on any atom is -0.399 e. The second-order valence-electron chi connectivity index (χ2n) is 8.86. The third kappa shape index (κ3) is 4.97. The van der Waals surface area contributed by atoms with Gasteiger partial charge in [0.2, 0.25) is 0 Å². The van der Waals surface area contributed by atoms with Gasteiger partial charge in [-0.3, -0.25) is 0 Å². The molecule has 0 aliphatic carbocycles. The Morgan fingerprint density at radius 3 is 1.26 bits per heavy atom. The Morgan fingerprint density at radius 2 is 0.903 bits per heavy atom. The molecule has 0 fully saturated rings. The van der Waals surface area contributed by atoms with Gasteiger partial charge in [0.25, 0.3) is 0 Å². The number of benzene rings is 4. The van der Waals surface area contributed by atoms with Crippen molar-refractivity contribution in [3.8, 4) is 0 Å². The topological polar surface area (TPSA) is 52.0 Å². The average molecular weight is 407 g/mol. The molecular weight excluding hydrogens is 376 g/mol. The van der Waals surface area contributed by atoms with Gasteiger partial charge in [0.05, 0.1) is 0 Å². The monoisotopic (exact) mass is 406 g/mol. The van der Waals surface area contributed by atoms with Crippen LogP contribution in [0.1, 0.15) is 47.2 Å². The van der Waals surface area contributed by atoms with Crippen LogP contribution in [0.15, 0.2) is 97.1 Å². The molecule has 0 aromatic heterocycles. The number of hydrogen-bond donors (Lipinski definition) is 2. The van der Waals surface area contributed by atoms with E-state index in [1.165, 1.54) is 33.4 Å². The van der Waals surface area contributed by atoms with E-state index >= 15 is 0 Å². The molecule has 156 valence electrons. The highest BCUT2D eigenvalue weighted by Crippen LogP contribution is 2.32. The van der Waals surface area contributed by atoms with Crippen LogP contribution >= 0.6 is 0 Å². The molecule has 4 rings (SSSR count). The minimum atomic E-state index is -0.0641. The lowest BCUT2D eigenvalue weighted by Crippen LogP contribution is -2.18. The van der Waals surface area contributed by atoms with Crippen LogP contribution in [0.5, 0.6) is 0 Å². The quantitative estimate of drug-likeness (QED) is 0.366. The number of nitrogens with two attached hydrogens (primary N) is 2. The molecule has 2 heteroatoms. The van der Waals surface area contributed by atoms with Crippen molar-refractivity contribution >= 4 is 11.4 Å². The van der Waals surface area contributed by atoms with Crippen molar-refractivity contribution in [1.29, 1.82) is 0 Å². The van der Waals surface area contributed by atoms with Gasteiger partial charge < -0.3 is 11.5 Å². The lowest BCUT2D eigenvalue weighted by Gasteiger charge is -2.26. The zero-order chi connectivity index (χ0) is 21.8. The molecule has 31 heavy (non-hydrogen) atoms. The first-order valence-corrected chi connectivity index (χ1v) is 10.8. The van der Waals surface area contributed by atoms with E-state index in [1.807, 2.05) is 36.4 Å². The molecule has 0 atom stereocenters. The zero-order valence-electron chi connectivity index (χ0n) is 18.3. The lowest BCUT2D eigenvalue weighted by atomic mass is 9.77. The van der Waals surface area contributed by atoms with E-state index in [-0.39, 0.29) is 5.41 Å². The molecule has 0 bridgehead atoms. The molecule has 4 N–H and O–H groups in total. The standard InChI is InChI=1S/C29H30N2/c1-29(2,25-13-9-21(10-14-25)17-23-5-3-7-27(30)19-23)26-15-11-22(12-16-26)18-24-6-4-8-28(31)20-24/h3-16,19-20H,17-18,30-31H2,1-2H3. The van der Waals surface area contributed by atoms with E-state index < -0.39 is 0 Å². The summed E-state index contributed by atoms with van der Waals surface area (Å²) in [6.45, 7) is 4.57. The molecule has 0 radical (unpaired) electrons. The zero-order valence-corrected chi connectivity index (χ0v) is 18.3. The van der Waals surface area contributed by atoms with Crippen LogP contribution in [0.3, 0.4) is 0 Å². The molecular formula is C29H30N2. The number of rotatable bonds is 6. The Hall–Kier alpha value is -3.52. The summed E-state index contributed by atoms with van der Waals surface area (Å²) >= 11 is 0. The predicted molar refractivity (Wildman–Crippen MR) is 132 cm³/mol. The highest BCUT2D eigenvalue weighted by molar-refractivity contribution is 5.45. The van der Waals surface area contributed by atoms with Crippen molar-refractivity contribution in [1.82, 2.24) is 0 Å². The second-order valence-corrected chi connectivity index (χ2v) is 8.86. The molecule has 0 aliphatic heterocycles. The second kappa shape index (κ2) is 8.69. The molecule has 0 aliphatic rings. The Bertz CT molecular complexity index is 1060. The number of anilines is 2.